The zero-order chi connectivity index (χ0) is 18.8. The van der Waals surface area contributed by atoms with E-state index in [9.17, 15) is 9.18 Å². The van der Waals surface area contributed by atoms with E-state index in [0.717, 1.165) is 5.56 Å². The standard InChI is InChI=1S/C21H18FN3O2/c1-14-3-5-16(18(22)11-14)15-4-6-19-17(12-15)21(26)25(9-10-27-19)13-20-23-7-2-8-24-20/h2-8,11-12H,9-10,13H2,1H3. The normalized spacial score (nSPS) is 13.7. The van der Waals surface area contributed by atoms with Crippen molar-refractivity contribution in [2.45, 2.75) is 13.5 Å². The zero-order valence-corrected chi connectivity index (χ0v) is 14.9. The van der Waals surface area contributed by atoms with E-state index in [4.69, 9.17) is 4.74 Å². The van der Waals surface area contributed by atoms with Crippen LogP contribution in [0.3, 0.4) is 0 Å². The largest absolute Gasteiger partial charge is 0.491 e. The molecule has 1 amide bonds. The quantitative estimate of drug-likeness (QED) is 0.713. The van der Waals surface area contributed by atoms with Crippen LogP contribution in [0.2, 0.25) is 0 Å². The molecular formula is C21H18FN3O2. The Kier molecular flexibility index (Phi) is 4.54. The van der Waals surface area contributed by atoms with Gasteiger partial charge >= 0.3 is 0 Å². The lowest BCUT2D eigenvalue weighted by atomic mass is 10.00. The third-order valence-corrected chi connectivity index (χ3v) is 4.50. The van der Waals surface area contributed by atoms with Gasteiger partial charge in [0.25, 0.3) is 5.91 Å². The SMILES string of the molecule is Cc1ccc(-c2ccc3c(c2)C(=O)N(Cc2ncccn2)CCO3)c(F)c1. The summed E-state index contributed by atoms with van der Waals surface area (Å²) in [4.78, 5) is 23.1. The van der Waals surface area contributed by atoms with Crippen LogP contribution in [0.4, 0.5) is 4.39 Å². The smallest absolute Gasteiger partial charge is 0.258 e. The van der Waals surface area contributed by atoms with E-state index in [0.29, 0.717) is 48.0 Å². The fourth-order valence-electron chi connectivity index (χ4n) is 3.12. The first-order valence-corrected chi connectivity index (χ1v) is 8.70. The number of ether oxygens (including phenoxy) is 1. The first-order valence-electron chi connectivity index (χ1n) is 8.70. The first-order chi connectivity index (χ1) is 13.1. The summed E-state index contributed by atoms with van der Waals surface area (Å²) in [5.41, 5.74) is 2.36. The summed E-state index contributed by atoms with van der Waals surface area (Å²) in [6, 6.07) is 12.0. The van der Waals surface area contributed by atoms with E-state index >= 15 is 0 Å². The highest BCUT2D eigenvalue weighted by molar-refractivity contribution is 5.98. The molecule has 5 nitrogen and oxygen atoms in total. The van der Waals surface area contributed by atoms with Crippen molar-refractivity contribution in [1.82, 2.24) is 14.9 Å². The molecule has 3 aromatic rings. The molecule has 0 N–H and O–H groups in total. The zero-order valence-electron chi connectivity index (χ0n) is 14.9. The number of hydrogen-bond acceptors (Lipinski definition) is 4. The van der Waals surface area contributed by atoms with Gasteiger partial charge in [-0.1, -0.05) is 18.2 Å². The van der Waals surface area contributed by atoms with E-state index in [1.165, 1.54) is 6.07 Å². The Hall–Kier alpha value is -3.28. The van der Waals surface area contributed by atoms with Crippen LogP contribution in [-0.2, 0) is 6.54 Å². The number of benzene rings is 2. The summed E-state index contributed by atoms with van der Waals surface area (Å²) >= 11 is 0. The van der Waals surface area contributed by atoms with Crippen molar-refractivity contribution in [3.8, 4) is 16.9 Å². The van der Waals surface area contributed by atoms with E-state index < -0.39 is 0 Å². The highest BCUT2D eigenvalue weighted by Crippen LogP contribution is 2.31. The number of hydrogen-bond donors (Lipinski definition) is 0. The Morgan fingerprint density at radius 2 is 1.93 bits per heavy atom. The molecule has 0 saturated carbocycles. The van der Waals surface area contributed by atoms with E-state index in [2.05, 4.69) is 9.97 Å². The summed E-state index contributed by atoms with van der Waals surface area (Å²) in [7, 11) is 0. The van der Waals surface area contributed by atoms with Crippen LogP contribution >= 0.6 is 0 Å². The molecule has 27 heavy (non-hydrogen) atoms. The molecule has 0 saturated heterocycles. The number of fused-ring (bicyclic) bond motifs is 1. The summed E-state index contributed by atoms with van der Waals surface area (Å²) in [5, 5.41) is 0. The van der Waals surface area contributed by atoms with Gasteiger partial charge in [0.2, 0.25) is 0 Å². The predicted octanol–water partition coefficient (Wildman–Crippen LogP) is 3.63. The van der Waals surface area contributed by atoms with Gasteiger partial charge in [-0.05, 0) is 42.3 Å². The van der Waals surface area contributed by atoms with E-state index in [1.54, 1.807) is 47.6 Å². The highest BCUT2D eigenvalue weighted by Gasteiger charge is 2.25. The topological polar surface area (TPSA) is 55.3 Å². The van der Waals surface area contributed by atoms with Crippen molar-refractivity contribution < 1.29 is 13.9 Å². The minimum atomic E-state index is -0.313. The Labute approximate surface area is 156 Å². The number of amides is 1. The predicted molar refractivity (Wildman–Crippen MR) is 98.8 cm³/mol. The third-order valence-electron chi connectivity index (χ3n) is 4.50. The molecule has 0 unspecified atom stereocenters. The van der Waals surface area contributed by atoms with E-state index in [-0.39, 0.29) is 11.7 Å². The maximum atomic E-state index is 14.4. The number of carbonyl (C=O) groups is 1. The third kappa shape index (κ3) is 3.51. The lowest BCUT2D eigenvalue weighted by Crippen LogP contribution is -2.32. The Bertz CT molecular complexity index is 992. The first kappa shape index (κ1) is 17.1. The van der Waals surface area contributed by atoms with Gasteiger partial charge in [-0.15, -0.1) is 0 Å². The van der Waals surface area contributed by atoms with Crippen molar-refractivity contribution in [3.63, 3.8) is 0 Å². The molecule has 2 aromatic carbocycles. The molecule has 136 valence electrons. The van der Waals surface area contributed by atoms with E-state index in [1.807, 2.05) is 13.0 Å². The second-order valence-corrected chi connectivity index (χ2v) is 6.43. The van der Waals surface area contributed by atoms with Crippen LogP contribution in [-0.4, -0.2) is 33.9 Å². The molecule has 0 spiro atoms. The molecule has 6 heteroatoms. The van der Waals surface area contributed by atoms with Crippen molar-refractivity contribution in [2.24, 2.45) is 0 Å². The monoisotopic (exact) mass is 363 g/mol. The minimum absolute atomic E-state index is 0.177. The number of aromatic nitrogens is 2. The van der Waals surface area contributed by atoms with Gasteiger partial charge < -0.3 is 9.64 Å². The molecule has 0 aliphatic carbocycles. The molecule has 1 aromatic heterocycles. The lowest BCUT2D eigenvalue weighted by Gasteiger charge is -2.19. The molecule has 0 bridgehead atoms. The maximum Gasteiger partial charge on any atom is 0.258 e. The highest BCUT2D eigenvalue weighted by atomic mass is 19.1. The molecule has 1 aliphatic heterocycles. The van der Waals surface area contributed by atoms with Crippen LogP contribution in [0.1, 0.15) is 21.7 Å². The lowest BCUT2D eigenvalue weighted by molar-refractivity contribution is 0.0738. The minimum Gasteiger partial charge on any atom is -0.491 e. The fraction of sp³-hybridized carbons (Fsp3) is 0.190. The number of aryl methyl sites for hydroxylation is 1. The van der Waals surface area contributed by atoms with Crippen LogP contribution < -0.4 is 4.74 Å². The second kappa shape index (κ2) is 7.15. The van der Waals surface area contributed by atoms with Gasteiger partial charge in [0.1, 0.15) is 24.0 Å². The molecule has 0 fully saturated rings. The van der Waals surface area contributed by atoms with Gasteiger partial charge in [0.15, 0.2) is 0 Å². The molecule has 0 atom stereocenters. The van der Waals surface area contributed by atoms with Crippen LogP contribution in [0.5, 0.6) is 5.75 Å². The van der Waals surface area contributed by atoms with Crippen molar-refractivity contribution in [1.29, 1.82) is 0 Å². The number of rotatable bonds is 3. The van der Waals surface area contributed by atoms with Crippen molar-refractivity contribution in [2.75, 3.05) is 13.2 Å². The summed E-state index contributed by atoms with van der Waals surface area (Å²) in [6.45, 7) is 2.94. The fourth-order valence-corrected chi connectivity index (χ4v) is 3.12. The molecular weight excluding hydrogens is 345 g/mol. The van der Waals surface area contributed by atoms with Gasteiger partial charge in [0, 0.05) is 18.0 Å². The summed E-state index contributed by atoms with van der Waals surface area (Å²) in [5.74, 6) is 0.582. The number of carbonyl (C=O) groups excluding carboxylic acids is 1. The molecule has 2 heterocycles. The van der Waals surface area contributed by atoms with Crippen LogP contribution in [0.15, 0.2) is 54.9 Å². The van der Waals surface area contributed by atoms with Gasteiger partial charge in [-0.3, -0.25) is 4.79 Å². The summed E-state index contributed by atoms with van der Waals surface area (Å²) < 4.78 is 20.1. The van der Waals surface area contributed by atoms with Crippen molar-refractivity contribution >= 4 is 5.91 Å². The molecule has 0 radical (unpaired) electrons. The average molecular weight is 363 g/mol. The second-order valence-electron chi connectivity index (χ2n) is 6.43. The Morgan fingerprint density at radius 3 is 2.70 bits per heavy atom. The maximum absolute atomic E-state index is 14.4. The van der Waals surface area contributed by atoms with Crippen molar-refractivity contribution in [3.05, 3.63) is 77.6 Å². The number of halogens is 1. The Balaban J connectivity index is 1.69. The number of nitrogens with zero attached hydrogens (tertiary/aromatic N) is 3. The Morgan fingerprint density at radius 1 is 1.11 bits per heavy atom. The van der Waals surface area contributed by atoms with Gasteiger partial charge in [-0.2, -0.15) is 0 Å². The van der Waals surface area contributed by atoms with Crippen LogP contribution in [0.25, 0.3) is 11.1 Å². The van der Waals surface area contributed by atoms with Gasteiger partial charge in [-0.25, -0.2) is 14.4 Å². The molecule has 1 aliphatic rings. The molecule has 4 rings (SSSR count). The average Bonchev–Trinajstić information content (AvgIpc) is 2.82. The van der Waals surface area contributed by atoms with Gasteiger partial charge in [0.05, 0.1) is 18.7 Å². The summed E-state index contributed by atoms with van der Waals surface area (Å²) in [6.07, 6.45) is 3.29. The van der Waals surface area contributed by atoms with Crippen LogP contribution in [0, 0.1) is 12.7 Å².